The Morgan fingerprint density at radius 2 is 0.796 bits per heavy atom. The second kappa shape index (κ2) is 13.9. The van der Waals surface area contributed by atoms with Gasteiger partial charge in [-0.25, -0.2) is 9.98 Å². The van der Waals surface area contributed by atoms with Gasteiger partial charge in [-0.3, -0.25) is 0 Å². The summed E-state index contributed by atoms with van der Waals surface area (Å²) >= 11 is 0. The van der Waals surface area contributed by atoms with Crippen LogP contribution in [-0.4, -0.2) is 52.3 Å². The van der Waals surface area contributed by atoms with E-state index in [-0.39, 0.29) is 30.3 Å². The van der Waals surface area contributed by atoms with Gasteiger partial charge in [0.2, 0.25) is 0 Å². The van der Waals surface area contributed by atoms with E-state index in [4.69, 9.17) is 38.4 Å². The van der Waals surface area contributed by atoms with Gasteiger partial charge >= 0.3 is 0 Å². The number of benzene rings is 4. The molecule has 4 aromatic rings. The summed E-state index contributed by atoms with van der Waals surface area (Å²) in [6.07, 6.45) is 0.276. The highest BCUT2D eigenvalue weighted by Gasteiger charge is 2.54. The van der Waals surface area contributed by atoms with E-state index >= 15 is 0 Å². The van der Waals surface area contributed by atoms with Crippen LogP contribution < -0.4 is 18.9 Å². The highest BCUT2D eigenvalue weighted by molar-refractivity contribution is 5.99. The van der Waals surface area contributed by atoms with Crippen molar-refractivity contribution in [3.8, 4) is 23.0 Å². The van der Waals surface area contributed by atoms with Gasteiger partial charge in [-0.2, -0.15) is 0 Å². The van der Waals surface area contributed by atoms with Crippen LogP contribution >= 0.6 is 0 Å². The molecule has 0 bridgehead atoms. The first-order valence-corrected chi connectivity index (χ1v) is 16.8. The van der Waals surface area contributed by atoms with E-state index < -0.39 is 11.2 Å². The number of rotatable bonds is 12. The molecule has 256 valence electrons. The van der Waals surface area contributed by atoms with Gasteiger partial charge in [0, 0.05) is 22.3 Å². The molecule has 0 saturated heterocycles. The largest absolute Gasteiger partial charge is 0.497 e. The molecular weight excluding hydrogens is 616 g/mol. The Kier molecular flexibility index (Phi) is 9.59. The lowest BCUT2D eigenvalue weighted by atomic mass is 9.76. The van der Waals surface area contributed by atoms with Gasteiger partial charge in [0.05, 0.1) is 34.9 Å². The lowest BCUT2D eigenvalue weighted by Crippen LogP contribution is -2.42. The molecule has 0 fully saturated rings. The van der Waals surface area contributed by atoms with Gasteiger partial charge in [-0.05, 0) is 60.4 Å². The Morgan fingerprint density at radius 3 is 1.04 bits per heavy atom. The summed E-state index contributed by atoms with van der Waals surface area (Å²) < 4.78 is 37.0. The fraction of sp³-hybridized carbons (Fsp3) is 0.366. The Labute approximate surface area is 289 Å². The van der Waals surface area contributed by atoms with Crippen LogP contribution in [-0.2, 0) is 20.7 Å². The number of aliphatic imine (C=N–C) groups is 2. The van der Waals surface area contributed by atoms with E-state index in [0.29, 0.717) is 11.8 Å². The van der Waals surface area contributed by atoms with Crippen LogP contribution in [0.15, 0.2) is 107 Å². The minimum absolute atomic E-state index is 0.123. The topological polar surface area (TPSA) is 80.1 Å². The standard InChI is InChI=1S/C41H46N2O6/c1-26(2)38-40(28-13-9-17-32(21-28)44-5,29-14-10-18-33(22-29)45-6)48-36(42-38)25-37-43-39(27(3)4)41(49-37,30-15-11-19-34(23-30)46-7)31-16-12-20-35(24-31)47-8/h9-24,26-27,38-39H,25H2,1-8H3/t38-,39-/m1/s1. The summed E-state index contributed by atoms with van der Waals surface area (Å²) in [7, 11) is 6.69. The first-order valence-electron chi connectivity index (χ1n) is 16.8. The van der Waals surface area contributed by atoms with Gasteiger partial charge in [0.15, 0.2) is 23.0 Å². The highest BCUT2D eigenvalue weighted by atomic mass is 16.5. The molecule has 2 aliphatic rings. The Morgan fingerprint density at radius 1 is 0.510 bits per heavy atom. The molecule has 0 aromatic heterocycles. The van der Waals surface area contributed by atoms with Crippen molar-refractivity contribution in [1.82, 2.24) is 0 Å². The van der Waals surface area contributed by atoms with Crippen LogP contribution in [0.5, 0.6) is 23.0 Å². The van der Waals surface area contributed by atoms with Crippen molar-refractivity contribution in [3.63, 3.8) is 0 Å². The van der Waals surface area contributed by atoms with Crippen molar-refractivity contribution >= 4 is 11.8 Å². The van der Waals surface area contributed by atoms with Crippen LogP contribution in [0.4, 0.5) is 0 Å². The first kappa shape index (κ1) is 33.9. The van der Waals surface area contributed by atoms with Crippen LogP contribution in [0.2, 0.25) is 0 Å². The second-order valence-electron chi connectivity index (χ2n) is 13.2. The summed E-state index contributed by atoms with van der Waals surface area (Å²) in [4.78, 5) is 10.6. The summed E-state index contributed by atoms with van der Waals surface area (Å²) in [5, 5.41) is 0. The van der Waals surface area contributed by atoms with Crippen LogP contribution in [0.25, 0.3) is 0 Å². The molecule has 2 heterocycles. The van der Waals surface area contributed by atoms with Gasteiger partial charge in [0.25, 0.3) is 0 Å². The number of ether oxygens (including phenoxy) is 6. The molecule has 2 atom stereocenters. The molecule has 6 rings (SSSR count). The Bertz CT molecular complexity index is 1620. The highest BCUT2D eigenvalue weighted by Crippen LogP contribution is 2.50. The molecule has 0 amide bonds. The smallest absolute Gasteiger partial charge is 0.194 e. The third-order valence-corrected chi connectivity index (χ3v) is 9.52. The summed E-state index contributed by atoms with van der Waals surface area (Å²) in [5.41, 5.74) is 1.87. The molecule has 49 heavy (non-hydrogen) atoms. The molecule has 0 aliphatic carbocycles. The van der Waals surface area contributed by atoms with Gasteiger partial charge in [-0.1, -0.05) is 76.2 Å². The predicted molar refractivity (Wildman–Crippen MR) is 192 cm³/mol. The number of hydrogen-bond donors (Lipinski definition) is 0. The van der Waals surface area contributed by atoms with Gasteiger partial charge in [-0.15, -0.1) is 0 Å². The van der Waals surface area contributed by atoms with E-state index in [1.807, 2.05) is 72.8 Å². The summed E-state index contributed by atoms with van der Waals surface area (Å²) in [5.74, 6) is 4.31. The van der Waals surface area contributed by atoms with Crippen molar-refractivity contribution in [1.29, 1.82) is 0 Å². The van der Waals surface area contributed by atoms with Crippen molar-refractivity contribution < 1.29 is 28.4 Å². The Hall–Kier alpha value is -4.98. The van der Waals surface area contributed by atoms with E-state index in [9.17, 15) is 0 Å². The molecular formula is C41H46N2O6. The van der Waals surface area contributed by atoms with Crippen molar-refractivity contribution in [2.75, 3.05) is 28.4 Å². The molecule has 0 spiro atoms. The third-order valence-electron chi connectivity index (χ3n) is 9.52. The lowest BCUT2D eigenvalue weighted by molar-refractivity contribution is 0.0717. The van der Waals surface area contributed by atoms with Crippen molar-refractivity contribution in [3.05, 3.63) is 119 Å². The van der Waals surface area contributed by atoms with E-state index in [0.717, 1.165) is 45.3 Å². The molecule has 8 nitrogen and oxygen atoms in total. The fourth-order valence-electron chi connectivity index (χ4n) is 7.24. The van der Waals surface area contributed by atoms with E-state index in [1.165, 1.54) is 0 Å². The van der Waals surface area contributed by atoms with Crippen LogP contribution in [0.1, 0.15) is 56.4 Å². The van der Waals surface area contributed by atoms with Gasteiger partial charge in [0.1, 0.15) is 35.1 Å². The number of nitrogens with zero attached hydrogens (tertiary/aromatic N) is 2. The minimum atomic E-state index is -0.945. The number of methoxy groups -OCH3 is 4. The number of hydrogen-bond acceptors (Lipinski definition) is 8. The molecule has 8 heteroatoms. The lowest BCUT2D eigenvalue weighted by Gasteiger charge is -2.37. The zero-order chi connectivity index (χ0) is 34.8. The summed E-state index contributed by atoms with van der Waals surface area (Å²) in [6, 6.07) is 31.6. The molecule has 0 saturated carbocycles. The molecule has 2 aliphatic heterocycles. The van der Waals surface area contributed by atoms with E-state index in [1.54, 1.807) is 28.4 Å². The second-order valence-corrected chi connectivity index (χ2v) is 13.2. The zero-order valence-electron chi connectivity index (χ0n) is 29.6. The average molecular weight is 663 g/mol. The average Bonchev–Trinajstić information content (AvgIpc) is 3.73. The van der Waals surface area contributed by atoms with Crippen molar-refractivity contribution in [2.45, 2.75) is 57.4 Å². The molecule has 0 radical (unpaired) electrons. The third kappa shape index (κ3) is 6.09. The quantitative estimate of drug-likeness (QED) is 0.152. The van der Waals surface area contributed by atoms with Crippen molar-refractivity contribution in [2.24, 2.45) is 21.8 Å². The maximum absolute atomic E-state index is 7.14. The maximum atomic E-state index is 7.14. The van der Waals surface area contributed by atoms with E-state index in [2.05, 4.69) is 52.0 Å². The molecule has 4 aromatic carbocycles. The predicted octanol–water partition coefficient (Wildman–Crippen LogP) is 8.21. The molecule has 0 N–H and O–H groups in total. The monoisotopic (exact) mass is 662 g/mol. The Balaban J connectivity index is 1.45. The van der Waals surface area contributed by atoms with Crippen LogP contribution in [0, 0.1) is 11.8 Å². The minimum Gasteiger partial charge on any atom is -0.497 e. The van der Waals surface area contributed by atoms with Crippen LogP contribution in [0.3, 0.4) is 0 Å². The zero-order valence-corrected chi connectivity index (χ0v) is 29.6. The fourth-order valence-corrected chi connectivity index (χ4v) is 7.24. The molecule has 0 unspecified atom stereocenters. The first-order chi connectivity index (χ1) is 23.7. The normalized spacial score (nSPS) is 19.1. The SMILES string of the molecule is COc1cccc(C2(c3cccc(OC)c3)OC(CC3=N[C@H](C(C)C)C(c4cccc(OC)c4)(c4cccc(OC)c4)O3)=N[C@@H]2C(C)C)c1. The summed E-state index contributed by atoms with van der Waals surface area (Å²) in [6.45, 7) is 8.68. The van der Waals surface area contributed by atoms with Gasteiger partial charge < -0.3 is 28.4 Å². The maximum Gasteiger partial charge on any atom is 0.194 e.